The fraction of sp³-hybridized carbons (Fsp3) is 0. The molecule has 0 unspecified atom stereocenters. The molecule has 50 valence electrons. The summed E-state index contributed by atoms with van der Waals surface area (Å²) in [6.45, 7) is 0.282. The lowest BCUT2D eigenvalue weighted by Gasteiger charge is -1.90. The van der Waals surface area contributed by atoms with Crippen molar-refractivity contribution in [3.63, 3.8) is 0 Å². The summed E-state index contributed by atoms with van der Waals surface area (Å²) in [4.78, 5) is 19.2. The van der Waals surface area contributed by atoms with Crippen LogP contribution in [0.1, 0.15) is 0 Å². The van der Waals surface area contributed by atoms with Gasteiger partial charge in [0.1, 0.15) is 0 Å². The Hall–Kier alpha value is -0.590. The molecule has 0 bridgehead atoms. The molecule has 0 aromatic carbocycles. The second kappa shape index (κ2) is 5.54. The van der Waals surface area contributed by atoms with Gasteiger partial charge in [0.25, 0.3) is 6.47 Å². The van der Waals surface area contributed by atoms with E-state index in [4.69, 9.17) is 0 Å². The summed E-state index contributed by atoms with van der Waals surface area (Å²) < 4.78 is 4.60. The van der Waals surface area contributed by atoms with E-state index in [9.17, 15) is 9.59 Å². The number of rotatable bonds is 4. The number of halogens is 1. The standard InChI is InChI=1S/C4H4INO3/c5-4(9-3-8)1-6-2-7/h1-3H,(H,6,7). The Morgan fingerprint density at radius 2 is 2.22 bits per heavy atom. The van der Waals surface area contributed by atoms with Crippen LogP contribution in [0.2, 0.25) is 0 Å². The van der Waals surface area contributed by atoms with E-state index in [1.807, 2.05) is 0 Å². The predicted octanol–water partition coefficient (Wildman–Crippen LogP) is 0.139. The highest BCUT2D eigenvalue weighted by Gasteiger charge is 1.85. The van der Waals surface area contributed by atoms with Gasteiger partial charge in [0, 0.05) is 22.6 Å². The molecule has 0 aliphatic carbocycles. The molecule has 9 heavy (non-hydrogen) atoms. The highest BCUT2D eigenvalue weighted by molar-refractivity contribution is 14.1. The van der Waals surface area contributed by atoms with Crippen LogP contribution in [0.25, 0.3) is 0 Å². The maximum absolute atomic E-state index is 9.61. The van der Waals surface area contributed by atoms with E-state index >= 15 is 0 Å². The molecule has 0 aromatic heterocycles. The first kappa shape index (κ1) is 8.41. The molecule has 0 saturated carbocycles. The maximum Gasteiger partial charge on any atom is 0.298 e. The first-order valence-corrected chi connectivity index (χ1v) is 3.04. The van der Waals surface area contributed by atoms with Gasteiger partial charge < -0.3 is 10.1 Å². The third-order valence-corrected chi connectivity index (χ3v) is 0.991. The molecule has 5 heteroatoms. The molecule has 0 aliphatic heterocycles. The quantitative estimate of drug-likeness (QED) is 0.432. The minimum atomic E-state index is 0.282. The summed E-state index contributed by atoms with van der Waals surface area (Å²) in [7, 11) is 0. The number of ether oxygens (including phenoxy) is 1. The molecular formula is C4H4INO3. The Labute approximate surface area is 65.4 Å². The molecule has 1 amide bonds. The normalized spacial score (nSPS) is 10.1. The molecule has 0 rings (SSSR count). The highest BCUT2D eigenvalue weighted by Crippen LogP contribution is 2.02. The van der Waals surface area contributed by atoms with Gasteiger partial charge in [-0.2, -0.15) is 0 Å². The van der Waals surface area contributed by atoms with Gasteiger partial charge in [-0.05, 0) is 0 Å². The van der Waals surface area contributed by atoms with Gasteiger partial charge in [-0.15, -0.1) is 0 Å². The monoisotopic (exact) mass is 241 g/mol. The zero-order chi connectivity index (χ0) is 7.11. The van der Waals surface area contributed by atoms with E-state index in [0.717, 1.165) is 0 Å². The van der Waals surface area contributed by atoms with Crippen molar-refractivity contribution >= 4 is 35.5 Å². The molecule has 0 atom stereocenters. The van der Waals surface area contributed by atoms with Crippen LogP contribution in [0.4, 0.5) is 0 Å². The lowest BCUT2D eigenvalue weighted by molar-refractivity contribution is -0.124. The Balaban J connectivity index is 3.53. The van der Waals surface area contributed by atoms with Crippen LogP contribution in [0.3, 0.4) is 0 Å². The van der Waals surface area contributed by atoms with E-state index in [0.29, 0.717) is 10.2 Å². The summed E-state index contributed by atoms with van der Waals surface area (Å²) in [6.07, 6.45) is 1.74. The minimum Gasteiger partial charge on any atom is -0.421 e. The van der Waals surface area contributed by atoms with Crippen LogP contribution in [0.5, 0.6) is 0 Å². The van der Waals surface area contributed by atoms with E-state index in [1.54, 1.807) is 22.6 Å². The second-order valence-corrected chi connectivity index (χ2v) is 2.01. The fourth-order valence-corrected chi connectivity index (χ4v) is 0.463. The zero-order valence-electron chi connectivity index (χ0n) is 4.33. The van der Waals surface area contributed by atoms with Crippen LogP contribution < -0.4 is 5.32 Å². The number of hydrogen-bond acceptors (Lipinski definition) is 3. The van der Waals surface area contributed by atoms with Crippen molar-refractivity contribution in [2.24, 2.45) is 0 Å². The van der Waals surface area contributed by atoms with Gasteiger partial charge in [0.2, 0.25) is 6.41 Å². The summed E-state index contributed by atoms with van der Waals surface area (Å²) in [5.41, 5.74) is 0. The maximum atomic E-state index is 9.61. The largest absolute Gasteiger partial charge is 0.421 e. The van der Waals surface area contributed by atoms with Gasteiger partial charge in [0.15, 0.2) is 3.77 Å². The summed E-state index contributed by atoms with van der Waals surface area (Å²) in [6, 6.07) is 0. The summed E-state index contributed by atoms with van der Waals surface area (Å²) in [5.74, 6) is 0. The lowest BCUT2D eigenvalue weighted by atomic mass is 10.9. The zero-order valence-corrected chi connectivity index (χ0v) is 6.49. The smallest absolute Gasteiger partial charge is 0.298 e. The SMILES string of the molecule is O=CNC=C(I)OC=O. The van der Waals surface area contributed by atoms with Gasteiger partial charge in [-0.3, -0.25) is 9.59 Å². The van der Waals surface area contributed by atoms with Crippen LogP contribution in [-0.4, -0.2) is 12.9 Å². The van der Waals surface area contributed by atoms with Crippen molar-refractivity contribution in [2.75, 3.05) is 0 Å². The summed E-state index contributed by atoms with van der Waals surface area (Å²) >= 11 is 1.75. The molecule has 0 radical (unpaired) electrons. The number of hydrogen-bond donors (Lipinski definition) is 1. The second-order valence-electron chi connectivity index (χ2n) is 0.947. The molecule has 0 aromatic rings. The van der Waals surface area contributed by atoms with Gasteiger partial charge in [0.05, 0.1) is 6.20 Å². The van der Waals surface area contributed by atoms with E-state index < -0.39 is 0 Å². The topological polar surface area (TPSA) is 55.4 Å². The minimum absolute atomic E-state index is 0.282. The van der Waals surface area contributed by atoms with Gasteiger partial charge >= 0.3 is 0 Å². The van der Waals surface area contributed by atoms with Crippen molar-refractivity contribution in [1.29, 1.82) is 0 Å². The predicted molar refractivity (Wildman–Crippen MR) is 38.5 cm³/mol. The van der Waals surface area contributed by atoms with Crippen LogP contribution in [0, 0.1) is 0 Å². The summed E-state index contributed by atoms with van der Waals surface area (Å²) in [5, 5.41) is 2.20. The first-order chi connectivity index (χ1) is 4.31. The number of nitrogens with one attached hydrogen (secondary N) is 1. The Morgan fingerprint density at radius 1 is 1.56 bits per heavy atom. The van der Waals surface area contributed by atoms with Crippen molar-refractivity contribution in [2.45, 2.75) is 0 Å². The van der Waals surface area contributed by atoms with Gasteiger partial charge in [-0.1, -0.05) is 0 Å². The Bertz CT molecular complexity index is 134. The van der Waals surface area contributed by atoms with Gasteiger partial charge in [-0.25, -0.2) is 0 Å². The van der Waals surface area contributed by atoms with Crippen molar-refractivity contribution in [3.8, 4) is 0 Å². The van der Waals surface area contributed by atoms with Crippen molar-refractivity contribution < 1.29 is 14.3 Å². The molecule has 1 N–H and O–H groups in total. The van der Waals surface area contributed by atoms with E-state index in [1.165, 1.54) is 6.20 Å². The highest BCUT2D eigenvalue weighted by atomic mass is 127. The average molecular weight is 241 g/mol. The molecule has 0 saturated heterocycles. The molecule has 0 fully saturated rings. The van der Waals surface area contributed by atoms with Crippen LogP contribution >= 0.6 is 22.6 Å². The van der Waals surface area contributed by atoms with Crippen LogP contribution in [-0.2, 0) is 14.3 Å². The number of amides is 1. The third kappa shape index (κ3) is 5.28. The number of carbonyl (C=O) groups excluding carboxylic acids is 2. The van der Waals surface area contributed by atoms with E-state index in [2.05, 4.69) is 10.1 Å². The number of carbonyl (C=O) groups is 2. The van der Waals surface area contributed by atoms with Crippen molar-refractivity contribution in [3.05, 3.63) is 9.97 Å². The Morgan fingerprint density at radius 3 is 2.67 bits per heavy atom. The molecule has 0 aliphatic rings. The van der Waals surface area contributed by atoms with Crippen molar-refractivity contribution in [1.82, 2.24) is 5.32 Å². The Kier molecular flexibility index (Phi) is 5.18. The molecular weight excluding hydrogens is 237 g/mol. The molecule has 0 spiro atoms. The lowest BCUT2D eigenvalue weighted by Crippen LogP contribution is -2.00. The fourth-order valence-electron chi connectivity index (χ4n) is 0.180. The molecule has 0 heterocycles. The molecule has 4 nitrogen and oxygen atoms in total. The first-order valence-electron chi connectivity index (χ1n) is 1.97. The third-order valence-electron chi connectivity index (χ3n) is 0.426. The average Bonchev–Trinajstić information content (AvgIpc) is 1.85. The van der Waals surface area contributed by atoms with E-state index in [-0.39, 0.29) is 6.47 Å². The van der Waals surface area contributed by atoms with Crippen LogP contribution in [0.15, 0.2) is 9.97 Å².